The normalized spacial score (nSPS) is 12.7. The molecule has 0 amide bonds. The molecule has 1 unspecified atom stereocenters. The second kappa shape index (κ2) is 9.49. The number of hydrogen-bond acceptors (Lipinski definition) is 3. The lowest BCUT2D eigenvalue weighted by molar-refractivity contribution is 0.104. The van der Waals surface area contributed by atoms with Crippen molar-refractivity contribution in [1.82, 2.24) is 0 Å². The summed E-state index contributed by atoms with van der Waals surface area (Å²) >= 11 is 12.6. The van der Waals surface area contributed by atoms with Crippen molar-refractivity contribution >= 4 is 46.7 Å². The van der Waals surface area contributed by atoms with E-state index >= 15 is 0 Å². The van der Waals surface area contributed by atoms with Gasteiger partial charge in [-0.25, -0.2) is 0 Å². The van der Waals surface area contributed by atoms with Gasteiger partial charge < -0.3 is 4.57 Å². The molecule has 0 bridgehead atoms. The summed E-state index contributed by atoms with van der Waals surface area (Å²) in [6, 6.07) is 27.4. The van der Waals surface area contributed by atoms with E-state index in [1.807, 2.05) is 36.4 Å². The monoisotopic (exact) mass is 492 g/mol. The Morgan fingerprint density at radius 2 is 1.15 bits per heavy atom. The van der Waals surface area contributed by atoms with E-state index in [9.17, 15) is 14.2 Å². The van der Waals surface area contributed by atoms with Gasteiger partial charge in [0.05, 0.1) is 15.6 Å². The van der Waals surface area contributed by atoms with Gasteiger partial charge in [0.15, 0.2) is 0 Å². The van der Waals surface area contributed by atoms with Crippen molar-refractivity contribution in [3.8, 4) is 11.1 Å². The first-order chi connectivity index (χ1) is 15.9. The zero-order valence-electron chi connectivity index (χ0n) is 17.7. The predicted octanol–water partition coefficient (Wildman–Crippen LogP) is 7.64. The van der Waals surface area contributed by atoms with Gasteiger partial charge in [0.2, 0.25) is 18.2 Å². The third-order valence-electron chi connectivity index (χ3n) is 5.44. The summed E-state index contributed by atoms with van der Waals surface area (Å²) in [5.41, 5.74) is 0.518. The van der Waals surface area contributed by atoms with Crippen LogP contribution in [0.2, 0.25) is 10.0 Å². The van der Waals surface area contributed by atoms with Gasteiger partial charge in [-0.15, -0.1) is 0 Å². The van der Waals surface area contributed by atoms with Crippen LogP contribution in [-0.4, -0.2) is 11.0 Å². The van der Waals surface area contributed by atoms with Crippen molar-refractivity contribution < 1.29 is 14.2 Å². The lowest BCUT2D eigenvalue weighted by atomic mass is 9.97. The Morgan fingerprint density at radius 3 is 1.76 bits per heavy atom. The SMILES string of the molecule is Cc1cccc(-c2ccccc2)c1C(=O)P(=O)(C(=O)c1c(Cl)cccc1Cl)c1ccccc1. The molecule has 0 aliphatic carbocycles. The smallest absolute Gasteiger partial charge is 0.248 e. The highest BCUT2D eigenvalue weighted by atomic mass is 35.5. The van der Waals surface area contributed by atoms with Gasteiger partial charge >= 0.3 is 0 Å². The zero-order chi connectivity index (χ0) is 23.6. The second-order valence-corrected chi connectivity index (χ2v) is 10.9. The number of hydrogen-bond donors (Lipinski definition) is 0. The van der Waals surface area contributed by atoms with Gasteiger partial charge in [-0.3, -0.25) is 9.59 Å². The molecular weight excluding hydrogens is 474 g/mol. The van der Waals surface area contributed by atoms with Crippen LogP contribution in [0.3, 0.4) is 0 Å². The van der Waals surface area contributed by atoms with Crippen molar-refractivity contribution in [2.24, 2.45) is 0 Å². The Balaban J connectivity index is 2.00. The highest BCUT2D eigenvalue weighted by molar-refractivity contribution is 8.01. The molecule has 0 aliphatic heterocycles. The van der Waals surface area contributed by atoms with E-state index in [4.69, 9.17) is 23.2 Å². The van der Waals surface area contributed by atoms with Crippen LogP contribution in [0.5, 0.6) is 0 Å². The maximum atomic E-state index is 14.6. The number of aryl methyl sites for hydroxylation is 1. The van der Waals surface area contributed by atoms with E-state index in [0.29, 0.717) is 11.1 Å². The largest absolute Gasteiger partial charge is 0.302 e. The highest BCUT2D eigenvalue weighted by Gasteiger charge is 2.45. The van der Waals surface area contributed by atoms with Gasteiger partial charge in [0.1, 0.15) is 0 Å². The van der Waals surface area contributed by atoms with Crippen molar-refractivity contribution in [2.75, 3.05) is 0 Å². The van der Waals surface area contributed by atoms with Gasteiger partial charge in [-0.1, -0.05) is 108 Å². The quantitative estimate of drug-likeness (QED) is 0.260. The van der Waals surface area contributed by atoms with Crippen LogP contribution in [0.1, 0.15) is 26.3 Å². The number of rotatable bonds is 6. The molecule has 4 aromatic carbocycles. The summed E-state index contributed by atoms with van der Waals surface area (Å²) in [6.45, 7) is 1.77. The first-order valence-corrected chi connectivity index (χ1v) is 12.7. The van der Waals surface area contributed by atoms with E-state index < -0.39 is 18.2 Å². The van der Waals surface area contributed by atoms with Gasteiger partial charge in [-0.2, -0.15) is 0 Å². The molecule has 0 radical (unpaired) electrons. The second-order valence-electron chi connectivity index (χ2n) is 7.52. The Labute approximate surface area is 202 Å². The summed E-state index contributed by atoms with van der Waals surface area (Å²) in [6.07, 6.45) is 0. The third-order valence-corrected chi connectivity index (χ3v) is 8.69. The summed E-state index contributed by atoms with van der Waals surface area (Å²) in [7, 11) is -4.37. The molecule has 0 aromatic heterocycles. The minimum atomic E-state index is -4.37. The average Bonchev–Trinajstić information content (AvgIpc) is 2.84. The summed E-state index contributed by atoms with van der Waals surface area (Å²) in [4.78, 5) is 28.0. The van der Waals surface area contributed by atoms with Crippen molar-refractivity contribution in [1.29, 1.82) is 0 Å². The molecule has 0 saturated heterocycles. The van der Waals surface area contributed by atoms with E-state index in [1.54, 1.807) is 43.3 Å². The molecule has 164 valence electrons. The van der Waals surface area contributed by atoms with Crippen LogP contribution < -0.4 is 5.30 Å². The van der Waals surface area contributed by atoms with Gasteiger partial charge in [0.25, 0.3) is 0 Å². The summed E-state index contributed by atoms with van der Waals surface area (Å²) in [5.74, 6) is 0. The molecule has 6 heteroatoms. The Bertz CT molecular complexity index is 1380. The third kappa shape index (κ3) is 4.20. The molecule has 3 nitrogen and oxygen atoms in total. The van der Waals surface area contributed by atoms with E-state index in [0.717, 1.165) is 5.56 Å². The van der Waals surface area contributed by atoms with Crippen LogP contribution in [0.15, 0.2) is 97.1 Å². The van der Waals surface area contributed by atoms with Crippen LogP contribution in [0.25, 0.3) is 11.1 Å². The molecule has 0 spiro atoms. The molecule has 0 heterocycles. The number of carbonyl (C=O) groups excluding carboxylic acids is 2. The fourth-order valence-electron chi connectivity index (χ4n) is 3.79. The topological polar surface area (TPSA) is 51.2 Å². The van der Waals surface area contributed by atoms with Crippen LogP contribution in [0.4, 0.5) is 0 Å². The first kappa shape index (κ1) is 23.2. The van der Waals surface area contributed by atoms with Crippen molar-refractivity contribution in [3.05, 3.63) is 124 Å². The fourth-order valence-corrected chi connectivity index (χ4v) is 6.91. The maximum absolute atomic E-state index is 14.6. The minimum absolute atomic E-state index is 0.0459. The van der Waals surface area contributed by atoms with Crippen LogP contribution in [0, 0.1) is 6.92 Å². The van der Waals surface area contributed by atoms with Crippen LogP contribution in [-0.2, 0) is 4.57 Å². The lowest BCUT2D eigenvalue weighted by Gasteiger charge is -2.20. The zero-order valence-corrected chi connectivity index (χ0v) is 20.1. The highest BCUT2D eigenvalue weighted by Crippen LogP contribution is 2.54. The molecule has 0 N–H and O–H groups in total. The molecule has 0 fully saturated rings. The van der Waals surface area contributed by atoms with Gasteiger partial charge in [0, 0.05) is 10.9 Å². The summed E-state index contributed by atoms with van der Waals surface area (Å²) in [5, 5.41) is 0.229. The van der Waals surface area contributed by atoms with E-state index in [1.165, 1.54) is 24.3 Å². The minimum Gasteiger partial charge on any atom is -0.302 e. The van der Waals surface area contributed by atoms with E-state index in [-0.39, 0.29) is 26.5 Å². The average molecular weight is 493 g/mol. The molecule has 33 heavy (non-hydrogen) atoms. The molecule has 4 rings (SSSR count). The number of benzene rings is 4. The Morgan fingerprint density at radius 1 is 0.636 bits per heavy atom. The number of carbonyl (C=O) groups is 2. The standard InChI is InChI=1S/C27H19Cl2O3P/c1-18-10-8-15-21(19-11-4-2-5-12-19)24(18)26(30)33(32,20-13-6-3-7-14-20)27(31)25-22(28)16-9-17-23(25)29/h2-17H,1H3. The Kier molecular flexibility index (Phi) is 6.67. The van der Waals surface area contributed by atoms with Crippen molar-refractivity contribution in [2.45, 2.75) is 6.92 Å². The first-order valence-electron chi connectivity index (χ1n) is 10.2. The Hall–Kier alpha value is -2.97. The predicted molar refractivity (Wildman–Crippen MR) is 135 cm³/mol. The maximum Gasteiger partial charge on any atom is 0.248 e. The van der Waals surface area contributed by atoms with E-state index in [2.05, 4.69) is 0 Å². The molecule has 4 aromatic rings. The fraction of sp³-hybridized carbons (Fsp3) is 0.0370. The molecule has 1 atom stereocenters. The summed E-state index contributed by atoms with van der Waals surface area (Å²) < 4.78 is 14.6. The number of halogens is 2. The molecular formula is C27H19Cl2O3P. The van der Waals surface area contributed by atoms with Crippen LogP contribution >= 0.6 is 30.3 Å². The molecule has 0 saturated carbocycles. The molecule has 0 aliphatic rings. The lowest BCUT2D eigenvalue weighted by Crippen LogP contribution is -2.22. The van der Waals surface area contributed by atoms with Gasteiger partial charge in [-0.05, 0) is 35.7 Å². The van der Waals surface area contributed by atoms with Crippen molar-refractivity contribution in [3.63, 3.8) is 0 Å².